The first-order chi connectivity index (χ1) is 12.9. The number of aryl methyl sites for hydroxylation is 2. The van der Waals surface area contributed by atoms with Crippen molar-refractivity contribution in [2.24, 2.45) is 0 Å². The van der Waals surface area contributed by atoms with Crippen molar-refractivity contribution in [3.05, 3.63) is 50.7 Å². The second-order valence-electron chi connectivity index (χ2n) is 9.49. The number of thiophene rings is 1. The first-order valence-corrected chi connectivity index (χ1v) is 14.7. The zero-order valence-corrected chi connectivity index (χ0v) is 21.8. The lowest BCUT2D eigenvalue weighted by Gasteiger charge is -2.37. The monoisotopic (exact) mass is 433 g/mol. The van der Waals surface area contributed by atoms with E-state index in [1.54, 1.807) is 0 Å². The van der Waals surface area contributed by atoms with Crippen molar-refractivity contribution < 1.29 is 4.43 Å². The molecule has 2 aromatic rings. The van der Waals surface area contributed by atoms with Gasteiger partial charge >= 0.3 is 0 Å². The summed E-state index contributed by atoms with van der Waals surface area (Å²) in [5.74, 6) is 1.75. The van der Waals surface area contributed by atoms with E-state index in [2.05, 4.69) is 85.8 Å². The highest BCUT2D eigenvalue weighted by molar-refractivity contribution is 7.79. The van der Waals surface area contributed by atoms with Crippen LogP contribution < -0.4 is 4.43 Å². The maximum Gasteiger partial charge on any atom is 0.250 e. The Morgan fingerprint density at radius 1 is 1.00 bits per heavy atom. The SMILES string of the molecule is CCC(CC)(c1ccc(O[Si](C)(C)C(C)(C)C)c(C)c1)c1cc(C)c(C[S])s1. The summed E-state index contributed by atoms with van der Waals surface area (Å²) in [7, 11) is -1.84. The molecule has 0 N–H and O–H groups in total. The lowest BCUT2D eigenvalue weighted by molar-refractivity contribution is 0.477. The van der Waals surface area contributed by atoms with Gasteiger partial charge in [0.25, 0.3) is 0 Å². The summed E-state index contributed by atoms with van der Waals surface area (Å²) in [5, 5.41) is 0.198. The Kier molecular flexibility index (Phi) is 7.21. The number of hydrogen-bond acceptors (Lipinski definition) is 2. The van der Waals surface area contributed by atoms with Gasteiger partial charge in [-0.05, 0) is 73.6 Å². The van der Waals surface area contributed by atoms with E-state index in [1.165, 1.54) is 26.4 Å². The number of benzene rings is 1. The normalized spacial score (nSPS) is 13.1. The van der Waals surface area contributed by atoms with Crippen molar-refractivity contribution in [3.63, 3.8) is 0 Å². The van der Waals surface area contributed by atoms with Crippen LogP contribution in [0.2, 0.25) is 18.1 Å². The molecule has 28 heavy (non-hydrogen) atoms. The van der Waals surface area contributed by atoms with Gasteiger partial charge in [0, 0.05) is 20.9 Å². The highest BCUT2D eigenvalue weighted by Gasteiger charge is 2.39. The Balaban J connectivity index is 2.48. The van der Waals surface area contributed by atoms with Crippen LogP contribution in [0.25, 0.3) is 0 Å². The van der Waals surface area contributed by atoms with Crippen LogP contribution in [-0.2, 0) is 11.2 Å². The molecule has 0 saturated heterocycles. The van der Waals surface area contributed by atoms with Crippen molar-refractivity contribution >= 4 is 32.3 Å². The molecule has 0 aliphatic heterocycles. The summed E-state index contributed by atoms with van der Waals surface area (Å²) in [6.07, 6.45) is 2.17. The maximum atomic E-state index is 6.61. The highest BCUT2D eigenvalue weighted by atomic mass is 32.1. The quantitative estimate of drug-likeness (QED) is 0.397. The maximum absolute atomic E-state index is 6.61. The van der Waals surface area contributed by atoms with Gasteiger partial charge < -0.3 is 4.43 Å². The molecule has 0 aliphatic rings. The molecule has 0 spiro atoms. The van der Waals surface area contributed by atoms with E-state index in [4.69, 9.17) is 17.1 Å². The topological polar surface area (TPSA) is 9.23 Å². The predicted molar refractivity (Wildman–Crippen MR) is 131 cm³/mol. The third-order valence-corrected chi connectivity index (χ3v) is 13.0. The molecule has 4 heteroatoms. The van der Waals surface area contributed by atoms with Crippen molar-refractivity contribution in [3.8, 4) is 5.75 Å². The van der Waals surface area contributed by atoms with Crippen LogP contribution in [0.3, 0.4) is 0 Å². The lowest BCUT2D eigenvalue weighted by atomic mass is 9.74. The average molecular weight is 434 g/mol. The Morgan fingerprint density at radius 3 is 2.04 bits per heavy atom. The molecule has 155 valence electrons. The summed E-state index contributed by atoms with van der Waals surface area (Å²) in [6.45, 7) is 20.5. The standard InChI is InChI=1S/C24H37OS2Si/c1-10-24(11-2,22-15-18(4)21(16-26)27-22)19-12-13-20(17(3)14-19)25-28(8,9)23(5,6)7/h12-15H,10-11,16H2,1-9H3. The van der Waals surface area contributed by atoms with Crippen molar-refractivity contribution in [2.45, 2.75) is 90.6 Å². The van der Waals surface area contributed by atoms with E-state index in [9.17, 15) is 0 Å². The molecule has 0 bridgehead atoms. The van der Waals surface area contributed by atoms with Crippen LogP contribution in [0.4, 0.5) is 0 Å². The van der Waals surface area contributed by atoms with E-state index < -0.39 is 8.32 Å². The van der Waals surface area contributed by atoms with Crippen LogP contribution in [0.15, 0.2) is 24.3 Å². The summed E-state index contributed by atoms with van der Waals surface area (Å²) in [6, 6.07) is 9.23. The minimum absolute atomic E-state index is 0.0540. The van der Waals surface area contributed by atoms with Gasteiger partial charge in [-0.2, -0.15) is 0 Å². The van der Waals surface area contributed by atoms with Gasteiger partial charge in [-0.3, -0.25) is 0 Å². The van der Waals surface area contributed by atoms with Crippen LogP contribution in [0.1, 0.15) is 73.9 Å². The third kappa shape index (κ3) is 4.39. The van der Waals surface area contributed by atoms with E-state index in [0.717, 1.165) is 18.6 Å². The van der Waals surface area contributed by atoms with E-state index in [-0.39, 0.29) is 10.5 Å². The molecule has 1 nitrogen and oxygen atoms in total. The zero-order chi connectivity index (χ0) is 21.3. The molecule has 0 atom stereocenters. The number of hydrogen-bond donors (Lipinski definition) is 0. The van der Waals surface area contributed by atoms with Gasteiger partial charge in [0.2, 0.25) is 8.32 Å². The highest BCUT2D eigenvalue weighted by Crippen LogP contribution is 2.45. The second-order valence-corrected chi connectivity index (χ2v) is 15.6. The van der Waals surface area contributed by atoms with Crippen molar-refractivity contribution in [1.82, 2.24) is 0 Å². The molecule has 2 rings (SSSR count). The molecule has 0 saturated carbocycles. The van der Waals surface area contributed by atoms with Gasteiger partial charge in [-0.15, -0.1) is 11.3 Å². The first kappa shape index (κ1) is 23.6. The average Bonchev–Trinajstić information content (AvgIpc) is 2.99. The number of rotatable bonds is 7. The van der Waals surface area contributed by atoms with Crippen LogP contribution in [0.5, 0.6) is 5.75 Å². The van der Waals surface area contributed by atoms with Gasteiger partial charge in [0.05, 0.1) is 0 Å². The minimum Gasteiger partial charge on any atom is -0.543 e. The third-order valence-electron chi connectivity index (χ3n) is 6.73. The van der Waals surface area contributed by atoms with Gasteiger partial charge in [0.1, 0.15) is 5.75 Å². The largest absolute Gasteiger partial charge is 0.543 e. The molecular formula is C24H37OS2Si. The Hall–Kier alpha value is -0.713. The lowest BCUT2D eigenvalue weighted by Crippen LogP contribution is -2.44. The second kappa shape index (κ2) is 8.57. The molecule has 0 amide bonds. The van der Waals surface area contributed by atoms with Crippen LogP contribution in [-0.4, -0.2) is 8.32 Å². The molecule has 1 aromatic carbocycles. The van der Waals surface area contributed by atoms with E-state index in [1.807, 2.05) is 11.3 Å². The summed E-state index contributed by atoms with van der Waals surface area (Å²) in [4.78, 5) is 2.79. The molecule has 0 unspecified atom stereocenters. The molecule has 1 radical (unpaired) electrons. The molecular weight excluding hydrogens is 396 g/mol. The summed E-state index contributed by atoms with van der Waals surface area (Å²) >= 11 is 7.25. The fourth-order valence-corrected chi connectivity index (χ4v) is 6.41. The molecule has 1 heterocycles. The van der Waals surface area contributed by atoms with Gasteiger partial charge in [-0.1, -0.05) is 59.4 Å². The summed E-state index contributed by atoms with van der Waals surface area (Å²) in [5.41, 5.74) is 4.04. The summed E-state index contributed by atoms with van der Waals surface area (Å²) < 4.78 is 6.61. The first-order valence-electron chi connectivity index (χ1n) is 10.4. The molecule has 1 aromatic heterocycles. The fraction of sp³-hybridized carbons (Fsp3) is 0.583. The fourth-order valence-electron chi connectivity index (χ4n) is 3.54. The van der Waals surface area contributed by atoms with E-state index in [0.29, 0.717) is 5.75 Å². The smallest absolute Gasteiger partial charge is 0.250 e. The molecule has 0 aliphatic carbocycles. The van der Waals surface area contributed by atoms with Crippen LogP contribution >= 0.6 is 24.0 Å². The Morgan fingerprint density at radius 2 is 1.61 bits per heavy atom. The van der Waals surface area contributed by atoms with E-state index >= 15 is 0 Å². The zero-order valence-electron chi connectivity index (χ0n) is 19.2. The molecule has 0 fully saturated rings. The van der Waals surface area contributed by atoms with Crippen molar-refractivity contribution in [2.75, 3.05) is 0 Å². The minimum atomic E-state index is -1.84. The predicted octanol–water partition coefficient (Wildman–Crippen LogP) is 8.55. The van der Waals surface area contributed by atoms with Crippen LogP contribution in [0, 0.1) is 13.8 Å². The van der Waals surface area contributed by atoms with Gasteiger partial charge in [-0.25, -0.2) is 0 Å². The van der Waals surface area contributed by atoms with Gasteiger partial charge in [0.15, 0.2) is 0 Å². The Labute approximate surface area is 183 Å². The van der Waals surface area contributed by atoms with Crippen molar-refractivity contribution in [1.29, 1.82) is 0 Å². The Bertz CT molecular complexity index is 810.